The van der Waals surface area contributed by atoms with Crippen LogP contribution in [-0.4, -0.2) is 29.7 Å². The highest BCUT2D eigenvalue weighted by atomic mass is 16.7. The van der Waals surface area contributed by atoms with Crippen molar-refractivity contribution in [2.75, 3.05) is 6.61 Å². The average molecular weight is 156 g/mol. The van der Waals surface area contributed by atoms with Crippen molar-refractivity contribution in [2.24, 2.45) is 5.92 Å². The summed E-state index contributed by atoms with van der Waals surface area (Å²) in [5, 5.41) is 9.51. The first-order chi connectivity index (χ1) is 5.28. The monoisotopic (exact) mass is 156 g/mol. The van der Waals surface area contributed by atoms with Crippen LogP contribution >= 0.6 is 0 Å². The van der Waals surface area contributed by atoms with Crippen LogP contribution < -0.4 is 0 Å². The predicted octanol–water partition coefficient (Wildman–Crippen LogP) is 0.273. The minimum Gasteiger partial charge on any atom is -0.373 e. The highest BCUT2D eigenvalue weighted by Gasteiger charge is 2.59. The maximum Gasteiger partial charge on any atom is 0.192 e. The molecule has 3 nitrogen and oxygen atoms in total. The Kier molecular flexibility index (Phi) is 1.04. The van der Waals surface area contributed by atoms with Gasteiger partial charge in [-0.3, -0.25) is 0 Å². The third-order valence-electron chi connectivity index (χ3n) is 3.07. The van der Waals surface area contributed by atoms with Gasteiger partial charge in [0.1, 0.15) is 6.10 Å². The third-order valence-corrected chi connectivity index (χ3v) is 3.07. The Balaban J connectivity index is 1.67. The summed E-state index contributed by atoms with van der Waals surface area (Å²) in [7, 11) is 0. The molecule has 0 aromatic carbocycles. The molecule has 1 N–H and O–H groups in total. The van der Waals surface area contributed by atoms with Gasteiger partial charge in [0.2, 0.25) is 0 Å². The molecule has 3 heteroatoms. The zero-order valence-electron chi connectivity index (χ0n) is 6.32. The Labute approximate surface area is 65.3 Å². The molecule has 0 aromatic heterocycles. The number of ether oxygens (including phenoxy) is 2. The second-order valence-electron chi connectivity index (χ2n) is 3.86. The summed E-state index contributed by atoms with van der Waals surface area (Å²) in [5.41, 5.74) is 0. The van der Waals surface area contributed by atoms with Crippen LogP contribution in [0.1, 0.15) is 19.3 Å². The van der Waals surface area contributed by atoms with E-state index in [1.807, 2.05) is 0 Å². The standard InChI is InChI=1S/C8H12O3/c9-8-2-1-5(6-4-10-6)3-7(8)11-8/h5-7,9H,1-4H2. The zero-order chi connectivity index (χ0) is 7.47. The lowest BCUT2D eigenvalue weighted by Crippen LogP contribution is -2.26. The molecule has 0 radical (unpaired) electrons. The summed E-state index contributed by atoms with van der Waals surface area (Å²) >= 11 is 0. The van der Waals surface area contributed by atoms with Gasteiger partial charge in [0.05, 0.1) is 12.7 Å². The lowest BCUT2D eigenvalue weighted by molar-refractivity contribution is 0.0189. The Hall–Kier alpha value is -0.120. The van der Waals surface area contributed by atoms with Crippen LogP contribution in [0.2, 0.25) is 0 Å². The van der Waals surface area contributed by atoms with E-state index in [1.165, 1.54) is 0 Å². The lowest BCUT2D eigenvalue weighted by atomic mass is 9.85. The topological polar surface area (TPSA) is 45.3 Å². The molecule has 2 heterocycles. The molecule has 2 saturated heterocycles. The number of hydrogen-bond donors (Lipinski definition) is 1. The predicted molar refractivity (Wildman–Crippen MR) is 36.9 cm³/mol. The van der Waals surface area contributed by atoms with Crippen molar-refractivity contribution in [1.82, 2.24) is 0 Å². The van der Waals surface area contributed by atoms with Gasteiger partial charge in [0.15, 0.2) is 5.79 Å². The van der Waals surface area contributed by atoms with Crippen molar-refractivity contribution >= 4 is 0 Å². The Morgan fingerprint density at radius 2 is 2.27 bits per heavy atom. The van der Waals surface area contributed by atoms with Crippen molar-refractivity contribution in [3.05, 3.63) is 0 Å². The van der Waals surface area contributed by atoms with E-state index in [9.17, 15) is 5.11 Å². The number of epoxide rings is 2. The summed E-state index contributed by atoms with van der Waals surface area (Å²) < 4.78 is 10.4. The SMILES string of the molecule is OC12CCC(C3CO3)CC1O2. The summed E-state index contributed by atoms with van der Waals surface area (Å²) in [5.74, 6) is -0.0615. The first-order valence-corrected chi connectivity index (χ1v) is 4.30. The van der Waals surface area contributed by atoms with Crippen LogP contribution in [0.4, 0.5) is 0 Å². The van der Waals surface area contributed by atoms with Crippen LogP contribution in [0.25, 0.3) is 0 Å². The molecule has 4 atom stereocenters. The van der Waals surface area contributed by atoms with Gasteiger partial charge in [-0.1, -0.05) is 0 Å². The van der Waals surface area contributed by atoms with E-state index in [-0.39, 0.29) is 6.10 Å². The van der Waals surface area contributed by atoms with Crippen LogP contribution in [0.3, 0.4) is 0 Å². The molecule has 0 aromatic rings. The number of fused-ring (bicyclic) bond motifs is 1. The van der Waals surface area contributed by atoms with Crippen molar-refractivity contribution in [3.63, 3.8) is 0 Å². The summed E-state index contributed by atoms with van der Waals surface area (Å²) in [6.07, 6.45) is 3.50. The molecular weight excluding hydrogens is 144 g/mol. The fourth-order valence-corrected chi connectivity index (χ4v) is 2.11. The highest BCUT2D eigenvalue weighted by molar-refractivity contribution is 5.01. The minimum atomic E-state index is -0.717. The Morgan fingerprint density at radius 1 is 1.45 bits per heavy atom. The molecule has 3 aliphatic rings. The van der Waals surface area contributed by atoms with Gasteiger partial charge < -0.3 is 14.6 Å². The van der Waals surface area contributed by atoms with Gasteiger partial charge in [-0.05, 0) is 18.8 Å². The zero-order valence-corrected chi connectivity index (χ0v) is 6.32. The molecule has 11 heavy (non-hydrogen) atoms. The molecule has 0 bridgehead atoms. The largest absolute Gasteiger partial charge is 0.373 e. The molecule has 0 spiro atoms. The molecule has 4 unspecified atom stereocenters. The van der Waals surface area contributed by atoms with Crippen molar-refractivity contribution in [2.45, 2.75) is 37.3 Å². The van der Waals surface area contributed by atoms with Crippen LogP contribution in [-0.2, 0) is 9.47 Å². The van der Waals surface area contributed by atoms with Gasteiger partial charge in [0, 0.05) is 6.42 Å². The second kappa shape index (κ2) is 1.79. The van der Waals surface area contributed by atoms with Gasteiger partial charge in [-0.2, -0.15) is 0 Å². The second-order valence-corrected chi connectivity index (χ2v) is 3.86. The van der Waals surface area contributed by atoms with Crippen LogP contribution in [0.15, 0.2) is 0 Å². The third kappa shape index (κ3) is 0.916. The molecule has 3 fully saturated rings. The van der Waals surface area contributed by atoms with E-state index in [1.54, 1.807) is 0 Å². The van der Waals surface area contributed by atoms with E-state index in [0.717, 1.165) is 25.9 Å². The molecule has 1 saturated carbocycles. The van der Waals surface area contributed by atoms with Crippen LogP contribution in [0.5, 0.6) is 0 Å². The lowest BCUT2D eigenvalue weighted by Gasteiger charge is -2.19. The fourth-order valence-electron chi connectivity index (χ4n) is 2.11. The molecular formula is C8H12O3. The molecule has 1 aliphatic carbocycles. The van der Waals surface area contributed by atoms with Crippen molar-refractivity contribution in [1.29, 1.82) is 0 Å². The number of hydrogen-bond acceptors (Lipinski definition) is 3. The minimum absolute atomic E-state index is 0.130. The van der Waals surface area contributed by atoms with E-state index in [0.29, 0.717) is 12.0 Å². The van der Waals surface area contributed by atoms with E-state index in [2.05, 4.69) is 0 Å². The number of aliphatic hydroxyl groups is 1. The van der Waals surface area contributed by atoms with E-state index >= 15 is 0 Å². The molecule has 0 amide bonds. The van der Waals surface area contributed by atoms with Gasteiger partial charge in [0.25, 0.3) is 0 Å². The Bertz CT molecular complexity index is 190. The first kappa shape index (κ1) is 6.40. The number of rotatable bonds is 1. The van der Waals surface area contributed by atoms with Gasteiger partial charge in [-0.25, -0.2) is 0 Å². The van der Waals surface area contributed by atoms with Gasteiger partial charge in [-0.15, -0.1) is 0 Å². The van der Waals surface area contributed by atoms with Crippen LogP contribution in [0, 0.1) is 5.92 Å². The van der Waals surface area contributed by atoms with Crippen molar-refractivity contribution < 1.29 is 14.6 Å². The fraction of sp³-hybridized carbons (Fsp3) is 1.00. The molecule has 3 rings (SSSR count). The maximum atomic E-state index is 9.51. The quantitative estimate of drug-likeness (QED) is 0.554. The highest BCUT2D eigenvalue weighted by Crippen LogP contribution is 2.49. The summed E-state index contributed by atoms with van der Waals surface area (Å²) in [4.78, 5) is 0. The Morgan fingerprint density at radius 3 is 2.91 bits per heavy atom. The normalized spacial score (nSPS) is 60.3. The average Bonchev–Trinajstić information content (AvgIpc) is 2.78. The van der Waals surface area contributed by atoms with Crippen molar-refractivity contribution in [3.8, 4) is 0 Å². The summed E-state index contributed by atoms with van der Waals surface area (Å²) in [6.45, 7) is 0.926. The van der Waals surface area contributed by atoms with E-state index in [4.69, 9.17) is 9.47 Å². The maximum absolute atomic E-state index is 9.51. The smallest absolute Gasteiger partial charge is 0.192 e. The first-order valence-electron chi connectivity index (χ1n) is 4.30. The molecule has 62 valence electrons. The molecule has 2 aliphatic heterocycles. The summed E-state index contributed by atoms with van der Waals surface area (Å²) in [6, 6.07) is 0. The van der Waals surface area contributed by atoms with E-state index < -0.39 is 5.79 Å². The van der Waals surface area contributed by atoms with Gasteiger partial charge >= 0.3 is 0 Å².